The molecule has 2 N–H and O–H groups in total. The highest BCUT2D eigenvalue weighted by molar-refractivity contribution is 5.73. The molecule has 14 heteroatoms. The van der Waals surface area contributed by atoms with E-state index in [0.29, 0.717) is 24.2 Å². The van der Waals surface area contributed by atoms with Crippen LogP contribution in [0.4, 0.5) is 26.3 Å². The van der Waals surface area contributed by atoms with Crippen LogP contribution in [0, 0.1) is 12.8 Å². The molecule has 0 bridgehead atoms. The predicted molar refractivity (Wildman–Crippen MR) is 111 cm³/mol. The van der Waals surface area contributed by atoms with E-state index in [0.717, 1.165) is 37.7 Å². The minimum atomic E-state index is -5.08. The van der Waals surface area contributed by atoms with E-state index in [2.05, 4.69) is 36.8 Å². The monoisotopic (exact) mass is 520 g/mol. The predicted octanol–water partition coefficient (Wildman–Crippen LogP) is 3.78. The zero-order chi connectivity index (χ0) is 27.1. The number of halogens is 6. The molecule has 2 aliphatic rings. The van der Waals surface area contributed by atoms with Gasteiger partial charge in [0.1, 0.15) is 11.5 Å². The molecular formula is C21H30F6N2O6. The summed E-state index contributed by atoms with van der Waals surface area (Å²) in [6.07, 6.45) is -8.12. The molecule has 2 saturated heterocycles. The fourth-order valence-corrected chi connectivity index (χ4v) is 3.52. The number of aliphatic carboxylic acids is 2. The first-order valence-electron chi connectivity index (χ1n) is 10.6. The van der Waals surface area contributed by atoms with Gasteiger partial charge in [-0.3, -0.25) is 4.90 Å². The molecule has 0 aromatic carbocycles. The number of carboxylic acid groups (broad SMARTS) is 2. The molecule has 0 unspecified atom stereocenters. The quantitative estimate of drug-likeness (QED) is 0.566. The van der Waals surface area contributed by atoms with Crippen LogP contribution in [0.5, 0.6) is 0 Å². The van der Waals surface area contributed by atoms with Gasteiger partial charge in [-0.15, -0.1) is 0 Å². The lowest BCUT2D eigenvalue weighted by Gasteiger charge is -2.25. The summed E-state index contributed by atoms with van der Waals surface area (Å²) in [5.41, 5.74) is 0. The van der Waals surface area contributed by atoms with Gasteiger partial charge >= 0.3 is 24.3 Å². The second-order valence-corrected chi connectivity index (χ2v) is 8.64. The Morgan fingerprint density at radius 1 is 1.09 bits per heavy atom. The van der Waals surface area contributed by atoms with Crippen LogP contribution in [0.1, 0.15) is 31.8 Å². The molecule has 202 valence electrons. The highest BCUT2D eigenvalue weighted by Crippen LogP contribution is 2.34. The van der Waals surface area contributed by atoms with E-state index in [1.807, 2.05) is 13.0 Å². The number of fused-ring (bicyclic) bond motifs is 1. The third kappa shape index (κ3) is 10.9. The molecule has 0 aliphatic carbocycles. The number of ether oxygens (including phenoxy) is 1. The molecule has 35 heavy (non-hydrogen) atoms. The topological polar surface area (TPSA) is 103 Å². The van der Waals surface area contributed by atoms with Crippen LogP contribution in [-0.4, -0.2) is 89.2 Å². The Balaban J connectivity index is 0.000000362. The molecule has 1 aromatic rings. The largest absolute Gasteiger partial charge is 0.490 e. The zero-order valence-electron chi connectivity index (χ0n) is 19.7. The second-order valence-electron chi connectivity index (χ2n) is 8.64. The average molecular weight is 520 g/mol. The minimum absolute atomic E-state index is 0.417. The van der Waals surface area contributed by atoms with Crippen LogP contribution in [0.2, 0.25) is 0 Å². The van der Waals surface area contributed by atoms with E-state index in [1.54, 1.807) is 0 Å². The molecule has 2 fully saturated rings. The van der Waals surface area contributed by atoms with Crippen molar-refractivity contribution >= 4 is 11.9 Å². The van der Waals surface area contributed by atoms with Gasteiger partial charge < -0.3 is 24.3 Å². The smallest absolute Gasteiger partial charge is 0.475 e. The van der Waals surface area contributed by atoms with Crippen molar-refractivity contribution in [2.24, 2.45) is 5.92 Å². The lowest BCUT2D eigenvalue weighted by molar-refractivity contribution is -0.193. The molecule has 3 heterocycles. The van der Waals surface area contributed by atoms with Crippen molar-refractivity contribution in [1.29, 1.82) is 0 Å². The molecule has 8 nitrogen and oxygen atoms in total. The van der Waals surface area contributed by atoms with E-state index >= 15 is 0 Å². The number of rotatable bonds is 5. The van der Waals surface area contributed by atoms with Gasteiger partial charge in [-0.2, -0.15) is 26.3 Å². The van der Waals surface area contributed by atoms with E-state index in [4.69, 9.17) is 29.0 Å². The van der Waals surface area contributed by atoms with Gasteiger partial charge in [0.05, 0.1) is 18.8 Å². The molecule has 0 radical (unpaired) electrons. The number of alkyl halides is 6. The molecule has 0 amide bonds. The number of furan rings is 1. The Bertz CT molecular complexity index is 788. The lowest BCUT2D eigenvalue weighted by Crippen LogP contribution is -2.35. The third-order valence-corrected chi connectivity index (χ3v) is 5.42. The summed E-state index contributed by atoms with van der Waals surface area (Å²) in [7, 11) is 2.19. The van der Waals surface area contributed by atoms with Gasteiger partial charge in [-0.05, 0) is 46.4 Å². The number of aryl methyl sites for hydroxylation is 1. The summed E-state index contributed by atoms with van der Waals surface area (Å²) in [4.78, 5) is 22.6. The van der Waals surface area contributed by atoms with Crippen molar-refractivity contribution in [3.05, 3.63) is 23.7 Å². The van der Waals surface area contributed by atoms with Gasteiger partial charge in [0.15, 0.2) is 0 Å². The lowest BCUT2D eigenvalue weighted by atomic mass is 10.0. The van der Waals surface area contributed by atoms with Crippen molar-refractivity contribution in [2.45, 2.75) is 64.3 Å². The van der Waals surface area contributed by atoms with Crippen LogP contribution in [0.15, 0.2) is 16.5 Å². The number of likely N-dealkylation sites (N-methyl/N-ethyl adjacent to an activating group) is 1. The number of hydrogen-bond acceptors (Lipinski definition) is 6. The summed E-state index contributed by atoms with van der Waals surface area (Å²) >= 11 is 0. The maximum Gasteiger partial charge on any atom is 0.490 e. The highest BCUT2D eigenvalue weighted by atomic mass is 19.4. The molecule has 3 atom stereocenters. The molecular weight excluding hydrogens is 490 g/mol. The van der Waals surface area contributed by atoms with Gasteiger partial charge in [0.2, 0.25) is 0 Å². The number of carbonyl (C=O) groups is 2. The Morgan fingerprint density at radius 2 is 1.60 bits per heavy atom. The average Bonchev–Trinajstić information content (AvgIpc) is 3.36. The Morgan fingerprint density at radius 3 is 1.97 bits per heavy atom. The Kier molecular flexibility index (Phi) is 11.0. The fraction of sp³-hybridized carbons (Fsp3) is 0.714. The Labute approximate surface area is 198 Å². The van der Waals surface area contributed by atoms with Gasteiger partial charge in [-0.1, -0.05) is 0 Å². The zero-order valence-corrected chi connectivity index (χ0v) is 19.7. The van der Waals surface area contributed by atoms with E-state index < -0.39 is 24.3 Å². The SMILES string of the molecule is Cc1ccc(CN2C[C@H]3C[C@H](CN(C)C(C)C)O[C@H]3C2)o1.O=C(O)C(F)(F)F.O=C(O)C(F)(F)F. The summed E-state index contributed by atoms with van der Waals surface area (Å²) in [5.74, 6) is -2.74. The van der Waals surface area contributed by atoms with Crippen molar-refractivity contribution in [3.63, 3.8) is 0 Å². The van der Waals surface area contributed by atoms with Crippen molar-refractivity contribution < 1.29 is 55.3 Å². The van der Waals surface area contributed by atoms with Crippen LogP contribution >= 0.6 is 0 Å². The molecule has 0 saturated carbocycles. The van der Waals surface area contributed by atoms with Crippen molar-refractivity contribution in [3.8, 4) is 0 Å². The number of likely N-dealkylation sites (tertiary alicyclic amines) is 1. The Hall–Kier alpha value is -2.32. The van der Waals surface area contributed by atoms with E-state index in [-0.39, 0.29) is 0 Å². The first-order chi connectivity index (χ1) is 15.9. The second kappa shape index (κ2) is 12.6. The molecule has 0 spiro atoms. The highest BCUT2D eigenvalue weighted by Gasteiger charge is 2.42. The minimum Gasteiger partial charge on any atom is -0.475 e. The van der Waals surface area contributed by atoms with Gasteiger partial charge in [-0.25, -0.2) is 9.59 Å². The van der Waals surface area contributed by atoms with Gasteiger partial charge in [0.25, 0.3) is 0 Å². The van der Waals surface area contributed by atoms with E-state index in [1.165, 1.54) is 6.42 Å². The number of carboxylic acids is 2. The van der Waals surface area contributed by atoms with Crippen molar-refractivity contribution in [2.75, 3.05) is 26.7 Å². The molecule has 1 aromatic heterocycles. The maximum atomic E-state index is 10.6. The first kappa shape index (κ1) is 30.7. The molecule has 3 rings (SSSR count). The number of nitrogens with zero attached hydrogens (tertiary/aromatic N) is 2. The standard InChI is InChI=1S/C17H28N2O2.2C2HF3O2/c1-12(2)18(4)9-16-7-14-8-19(11-17(14)21-16)10-15-6-5-13(3)20-15;2*3-2(4,5)1(6)7/h5-6,12,14,16-17H,7-11H2,1-4H3;2*(H,6,7)/t14-,16-,17+;;/m1../s1. The van der Waals surface area contributed by atoms with Crippen LogP contribution in [-0.2, 0) is 20.9 Å². The summed E-state index contributed by atoms with van der Waals surface area (Å²) in [5, 5.41) is 14.2. The fourth-order valence-electron chi connectivity index (χ4n) is 3.52. The van der Waals surface area contributed by atoms with Crippen molar-refractivity contribution in [1.82, 2.24) is 9.80 Å². The molecule has 2 aliphatic heterocycles. The van der Waals surface area contributed by atoms with Crippen LogP contribution in [0.25, 0.3) is 0 Å². The van der Waals surface area contributed by atoms with E-state index in [9.17, 15) is 26.3 Å². The maximum absolute atomic E-state index is 10.6. The first-order valence-corrected chi connectivity index (χ1v) is 10.6. The summed E-state index contributed by atoms with van der Waals surface area (Å²) < 4.78 is 75.4. The summed E-state index contributed by atoms with van der Waals surface area (Å²) in [6.45, 7) is 10.6. The summed E-state index contributed by atoms with van der Waals surface area (Å²) in [6, 6.07) is 4.72. The number of hydrogen-bond donors (Lipinski definition) is 2. The van der Waals surface area contributed by atoms with Crippen LogP contribution < -0.4 is 0 Å². The van der Waals surface area contributed by atoms with Crippen LogP contribution in [0.3, 0.4) is 0 Å². The third-order valence-electron chi connectivity index (χ3n) is 5.42. The van der Waals surface area contributed by atoms with Gasteiger partial charge in [0, 0.05) is 31.6 Å². The normalized spacial score (nSPS) is 22.3.